The number of hydrogen-bond donors (Lipinski definition) is 2. The highest BCUT2D eigenvalue weighted by atomic mass is 16.5. The third kappa shape index (κ3) is 3.48. The smallest absolute Gasteiger partial charge is 0.123 e. The molecule has 0 saturated heterocycles. The van der Waals surface area contributed by atoms with Crippen LogP contribution in [0.1, 0.15) is 18.1 Å². The second kappa shape index (κ2) is 6.48. The highest BCUT2D eigenvalue weighted by molar-refractivity contribution is 5.37. The number of nitrogens with one attached hydrogen (secondary N) is 1. The van der Waals surface area contributed by atoms with E-state index in [2.05, 4.69) is 29.4 Å². The summed E-state index contributed by atoms with van der Waals surface area (Å²) in [5.74, 6) is 6.22. The predicted octanol–water partition coefficient (Wildman–Crippen LogP) is 1.11. The van der Waals surface area contributed by atoms with Crippen molar-refractivity contribution >= 4 is 0 Å². The van der Waals surface area contributed by atoms with Gasteiger partial charge in [0.1, 0.15) is 5.75 Å². The van der Waals surface area contributed by atoms with E-state index < -0.39 is 0 Å². The van der Waals surface area contributed by atoms with Crippen LogP contribution in [-0.4, -0.2) is 25.7 Å². The molecule has 0 aromatic heterocycles. The lowest BCUT2D eigenvalue weighted by atomic mass is 10.1. The molecule has 1 aromatic carbocycles. The second-order valence-electron chi connectivity index (χ2n) is 3.88. The maximum atomic E-state index is 5.35. The van der Waals surface area contributed by atoms with Crippen LogP contribution in [-0.2, 0) is 13.0 Å². The highest BCUT2D eigenvalue weighted by Crippen LogP contribution is 2.21. The fourth-order valence-electron chi connectivity index (χ4n) is 1.68. The summed E-state index contributed by atoms with van der Waals surface area (Å²) < 4.78 is 5.35. The van der Waals surface area contributed by atoms with Gasteiger partial charge in [0.25, 0.3) is 0 Å². The molecule has 0 aliphatic rings. The third-order valence-corrected chi connectivity index (χ3v) is 2.55. The van der Waals surface area contributed by atoms with E-state index in [1.165, 1.54) is 11.1 Å². The van der Waals surface area contributed by atoms with Gasteiger partial charge >= 0.3 is 0 Å². The minimum Gasteiger partial charge on any atom is -0.496 e. The highest BCUT2D eigenvalue weighted by Gasteiger charge is 2.06. The molecular weight excluding hydrogens is 202 g/mol. The van der Waals surface area contributed by atoms with Gasteiger partial charge < -0.3 is 4.74 Å². The van der Waals surface area contributed by atoms with Gasteiger partial charge in [0.2, 0.25) is 0 Å². The van der Waals surface area contributed by atoms with Crippen LogP contribution >= 0.6 is 0 Å². The zero-order chi connectivity index (χ0) is 12.0. The molecule has 0 aliphatic carbocycles. The molecular formula is C12H21N3O. The maximum Gasteiger partial charge on any atom is 0.123 e. The summed E-state index contributed by atoms with van der Waals surface area (Å²) in [7, 11) is 3.71. The van der Waals surface area contributed by atoms with E-state index in [0.29, 0.717) is 6.67 Å². The van der Waals surface area contributed by atoms with Gasteiger partial charge in [0.05, 0.1) is 13.8 Å². The summed E-state index contributed by atoms with van der Waals surface area (Å²) >= 11 is 0. The van der Waals surface area contributed by atoms with Crippen molar-refractivity contribution in [3.63, 3.8) is 0 Å². The number of benzene rings is 1. The molecule has 0 bridgehead atoms. The van der Waals surface area contributed by atoms with E-state index in [-0.39, 0.29) is 0 Å². The van der Waals surface area contributed by atoms with Crippen LogP contribution < -0.4 is 16.0 Å². The molecule has 1 rings (SSSR count). The normalized spacial score (nSPS) is 10.8. The molecule has 1 aromatic rings. The van der Waals surface area contributed by atoms with E-state index in [1.807, 2.05) is 13.1 Å². The molecule has 0 saturated carbocycles. The Hall–Kier alpha value is -1.10. The molecule has 0 fully saturated rings. The first-order chi connectivity index (χ1) is 7.71. The molecule has 0 unspecified atom stereocenters. The van der Waals surface area contributed by atoms with Crippen molar-refractivity contribution in [2.75, 3.05) is 20.8 Å². The summed E-state index contributed by atoms with van der Waals surface area (Å²) in [6, 6.07) is 6.31. The maximum absolute atomic E-state index is 5.35. The van der Waals surface area contributed by atoms with Crippen LogP contribution in [0.2, 0.25) is 0 Å². The van der Waals surface area contributed by atoms with Crippen molar-refractivity contribution in [2.24, 2.45) is 5.84 Å². The quantitative estimate of drug-likeness (QED) is 0.431. The molecule has 16 heavy (non-hydrogen) atoms. The number of ether oxygens (including phenoxy) is 1. The van der Waals surface area contributed by atoms with Gasteiger partial charge in [0, 0.05) is 12.1 Å². The first-order valence-electron chi connectivity index (χ1n) is 5.49. The number of nitrogens with zero attached hydrogens (tertiary/aromatic N) is 1. The Balaban J connectivity index is 2.82. The van der Waals surface area contributed by atoms with Crippen LogP contribution in [0.4, 0.5) is 0 Å². The number of rotatable bonds is 6. The molecule has 0 atom stereocenters. The average molecular weight is 223 g/mol. The molecule has 0 spiro atoms. The van der Waals surface area contributed by atoms with Crippen LogP contribution in [0.3, 0.4) is 0 Å². The molecule has 0 radical (unpaired) electrons. The summed E-state index contributed by atoms with van der Waals surface area (Å²) in [5, 5.41) is 0. The first kappa shape index (κ1) is 13.0. The summed E-state index contributed by atoms with van der Waals surface area (Å²) in [6.45, 7) is 3.62. The molecule has 4 heteroatoms. The zero-order valence-corrected chi connectivity index (χ0v) is 10.3. The molecule has 0 amide bonds. The number of methoxy groups -OCH3 is 1. The first-order valence-corrected chi connectivity index (χ1v) is 5.49. The van der Waals surface area contributed by atoms with Crippen LogP contribution in [0, 0.1) is 0 Å². The third-order valence-electron chi connectivity index (χ3n) is 2.55. The topological polar surface area (TPSA) is 50.5 Å². The Bertz CT molecular complexity index is 328. The minimum atomic E-state index is 0.652. The zero-order valence-electron chi connectivity index (χ0n) is 10.3. The Morgan fingerprint density at radius 2 is 2.19 bits per heavy atom. The number of nitrogens with two attached hydrogens (primary N) is 1. The number of aryl methyl sites for hydroxylation is 1. The van der Waals surface area contributed by atoms with Gasteiger partial charge in [-0.05, 0) is 25.1 Å². The van der Waals surface area contributed by atoms with Crippen molar-refractivity contribution < 1.29 is 4.74 Å². The Kier molecular flexibility index (Phi) is 5.25. The van der Waals surface area contributed by atoms with Gasteiger partial charge in [-0.1, -0.05) is 19.1 Å². The second-order valence-corrected chi connectivity index (χ2v) is 3.88. The van der Waals surface area contributed by atoms with E-state index >= 15 is 0 Å². The number of hydrogen-bond acceptors (Lipinski definition) is 4. The van der Waals surface area contributed by atoms with E-state index in [1.54, 1.807) is 7.11 Å². The fraction of sp³-hybridized carbons (Fsp3) is 0.500. The van der Waals surface area contributed by atoms with Gasteiger partial charge in [-0.15, -0.1) is 0 Å². The Morgan fingerprint density at radius 1 is 1.44 bits per heavy atom. The SMILES string of the molecule is CCc1ccc(OC)c(CN(C)CNN)c1. The van der Waals surface area contributed by atoms with E-state index in [0.717, 1.165) is 18.7 Å². The standard InChI is InChI=1S/C12H21N3O/c1-4-10-5-6-12(16-3)11(7-10)8-15(2)9-14-13/h5-7,14H,4,8-9,13H2,1-3H3. The van der Waals surface area contributed by atoms with Gasteiger partial charge in [-0.3, -0.25) is 10.7 Å². The van der Waals surface area contributed by atoms with Crippen molar-refractivity contribution in [3.05, 3.63) is 29.3 Å². The number of hydrazine groups is 1. The van der Waals surface area contributed by atoms with Crippen LogP contribution in [0.5, 0.6) is 5.75 Å². The van der Waals surface area contributed by atoms with Crippen LogP contribution in [0.15, 0.2) is 18.2 Å². The largest absolute Gasteiger partial charge is 0.496 e. The molecule has 0 aliphatic heterocycles. The van der Waals surface area contributed by atoms with E-state index in [9.17, 15) is 0 Å². The average Bonchev–Trinajstić information content (AvgIpc) is 2.29. The monoisotopic (exact) mass is 223 g/mol. The van der Waals surface area contributed by atoms with Crippen LogP contribution in [0.25, 0.3) is 0 Å². The Labute approximate surface area is 97.4 Å². The molecule has 0 heterocycles. The summed E-state index contributed by atoms with van der Waals surface area (Å²) in [6.07, 6.45) is 1.04. The molecule has 3 N–H and O–H groups in total. The van der Waals surface area contributed by atoms with Gasteiger partial charge in [-0.25, -0.2) is 5.43 Å². The summed E-state index contributed by atoms with van der Waals surface area (Å²) in [4.78, 5) is 2.09. The molecule has 90 valence electrons. The summed E-state index contributed by atoms with van der Waals surface area (Å²) in [5.41, 5.74) is 5.16. The lowest BCUT2D eigenvalue weighted by Crippen LogP contribution is -2.35. The molecule has 4 nitrogen and oxygen atoms in total. The van der Waals surface area contributed by atoms with Crippen molar-refractivity contribution in [2.45, 2.75) is 19.9 Å². The fourth-order valence-corrected chi connectivity index (χ4v) is 1.68. The predicted molar refractivity (Wildman–Crippen MR) is 66.0 cm³/mol. The Morgan fingerprint density at radius 3 is 2.75 bits per heavy atom. The lowest BCUT2D eigenvalue weighted by molar-refractivity contribution is 0.295. The van der Waals surface area contributed by atoms with E-state index in [4.69, 9.17) is 10.6 Å². The van der Waals surface area contributed by atoms with Gasteiger partial charge in [-0.2, -0.15) is 0 Å². The van der Waals surface area contributed by atoms with Crippen molar-refractivity contribution in [3.8, 4) is 5.75 Å². The lowest BCUT2D eigenvalue weighted by Gasteiger charge is -2.18. The minimum absolute atomic E-state index is 0.652. The van der Waals surface area contributed by atoms with Crippen molar-refractivity contribution in [1.29, 1.82) is 0 Å². The van der Waals surface area contributed by atoms with Crippen molar-refractivity contribution in [1.82, 2.24) is 10.3 Å². The van der Waals surface area contributed by atoms with Gasteiger partial charge in [0.15, 0.2) is 0 Å².